The maximum absolute atomic E-state index is 12.8. The molecule has 1 aliphatic rings. The van der Waals surface area contributed by atoms with Crippen molar-refractivity contribution in [3.05, 3.63) is 23.8 Å². The van der Waals surface area contributed by atoms with Crippen molar-refractivity contribution in [2.24, 2.45) is 11.8 Å². The van der Waals surface area contributed by atoms with E-state index in [1.165, 1.54) is 19.1 Å². The molecule has 1 saturated heterocycles. The summed E-state index contributed by atoms with van der Waals surface area (Å²) < 4.78 is 15.9. The number of aliphatic hydroxyl groups excluding tert-OH is 1. The molecule has 2 amide bonds. The molecule has 1 aliphatic heterocycles. The van der Waals surface area contributed by atoms with Crippen LogP contribution < -0.4 is 26.6 Å². The summed E-state index contributed by atoms with van der Waals surface area (Å²) in [7, 11) is 0. The van der Waals surface area contributed by atoms with Crippen LogP contribution in [0.25, 0.3) is 0 Å². The van der Waals surface area contributed by atoms with Crippen LogP contribution in [0.4, 0.5) is 5.69 Å². The van der Waals surface area contributed by atoms with Crippen LogP contribution in [0.3, 0.4) is 0 Å². The Balaban J connectivity index is 2.19. The number of ether oxygens (including phenoxy) is 3. The number of aliphatic hydroxyl groups is 1. The molecule has 7 N–H and O–H groups in total. The third kappa shape index (κ3) is 8.17. The van der Waals surface area contributed by atoms with Gasteiger partial charge in [-0.25, -0.2) is 10.2 Å². The van der Waals surface area contributed by atoms with Gasteiger partial charge in [0.25, 0.3) is 6.47 Å². The van der Waals surface area contributed by atoms with Gasteiger partial charge >= 0.3 is 5.97 Å². The molecule has 0 aromatic heterocycles. The number of anilines is 1. The third-order valence-electron chi connectivity index (χ3n) is 5.30. The zero-order chi connectivity index (χ0) is 26.1. The molecule has 194 valence electrons. The normalized spacial score (nSPS) is 21.5. The summed E-state index contributed by atoms with van der Waals surface area (Å²) in [4.78, 5) is 47.1. The molecule has 0 radical (unpaired) electrons. The number of amides is 2. The minimum atomic E-state index is -1.25. The lowest BCUT2D eigenvalue weighted by atomic mass is 10.0. The number of hydrazine groups is 1. The van der Waals surface area contributed by atoms with Gasteiger partial charge in [0.05, 0.1) is 11.8 Å². The number of carboxylic acid groups (broad SMARTS) is 1. The lowest BCUT2D eigenvalue weighted by Gasteiger charge is -2.31. The number of rotatable bonds is 12. The first-order valence-electron chi connectivity index (χ1n) is 11.0. The molecule has 5 unspecified atom stereocenters. The van der Waals surface area contributed by atoms with Gasteiger partial charge in [-0.15, -0.1) is 0 Å². The molecule has 1 aromatic carbocycles. The Morgan fingerprint density at radius 1 is 1.23 bits per heavy atom. The summed E-state index contributed by atoms with van der Waals surface area (Å²) in [5.41, 5.74) is 3.10. The highest BCUT2D eigenvalue weighted by Gasteiger charge is 2.34. The van der Waals surface area contributed by atoms with Gasteiger partial charge in [-0.05, 0) is 30.5 Å². The number of hydrogen-bond acceptors (Lipinski definition) is 10. The van der Waals surface area contributed by atoms with Crippen molar-refractivity contribution in [2.45, 2.75) is 70.8 Å². The number of hydrogen-bond donors (Lipinski definition) is 6. The Morgan fingerprint density at radius 3 is 2.54 bits per heavy atom. The summed E-state index contributed by atoms with van der Waals surface area (Å²) in [5.74, 6) is 3.15. The molecular weight excluding hydrogens is 464 g/mol. The maximum Gasteiger partial charge on any atom is 0.333 e. The fraction of sp³-hybridized carbons (Fsp3) is 0.545. The molecule has 5 atom stereocenters. The Labute approximate surface area is 202 Å². The monoisotopic (exact) mass is 496 g/mol. The average Bonchev–Trinajstić information content (AvgIpc) is 2.78. The third-order valence-corrected chi connectivity index (χ3v) is 5.30. The number of carboxylic acids is 1. The first-order valence-corrected chi connectivity index (χ1v) is 11.0. The van der Waals surface area contributed by atoms with Gasteiger partial charge in [-0.1, -0.05) is 19.9 Å². The fourth-order valence-corrected chi connectivity index (χ4v) is 3.41. The second kappa shape index (κ2) is 13.0. The summed E-state index contributed by atoms with van der Waals surface area (Å²) in [5, 5.41) is 24.4. The van der Waals surface area contributed by atoms with E-state index in [0.717, 1.165) is 0 Å². The molecule has 0 saturated carbocycles. The van der Waals surface area contributed by atoms with Crippen molar-refractivity contribution < 1.29 is 43.6 Å². The van der Waals surface area contributed by atoms with Crippen molar-refractivity contribution in [1.82, 2.24) is 10.7 Å². The second-order valence-corrected chi connectivity index (χ2v) is 8.48. The standard InChI is InChI=1S/C22H32N4O9/c1-11(2)19(26-23)21(30)24-12(3)20(29)25-15-6-13(9-33-10-27)4-5-16(15)34-18-8-14(28)7-17(35-18)22(31)32/h4-6,10-12,14,17-19,26,28H,7-9,23H2,1-3H3,(H,24,30)(H,25,29)(H,31,32). The number of nitrogens with one attached hydrogen (secondary N) is 3. The molecule has 0 aliphatic carbocycles. The number of carbonyl (C=O) groups is 4. The zero-order valence-electron chi connectivity index (χ0n) is 19.7. The lowest BCUT2D eigenvalue weighted by molar-refractivity contribution is -0.195. The van der Waals surface area contributed by atoms with Crippen LogP contribution in [0.2, 0.25) is 0 Å². The summed E-state index contributed by atoms with van der Waals surface area (Å²) in [6.07, 6.45) is -3.35. The average molecular weight is 497 g/mol. The van der Waals surface area contributed by atoms with E-state index in [1.807, 2.05) is 0 Å². The van der Waals surface area contributed by atoms with Gasteiger partial charge in [0.15, 0.2) is 6.10 Å². The predicted molar refractivity (Wildman–Crippen MR) is 122 cm³/mol. The highest BCUT2D eigenvalue weighted by molar-refractivity contribution is 5.98. The molecule has 13 nitrogen and oxygen atoms in total. The molecule has 1 heterocycles. The molecule has 1 fully saturated rings. The van der Waals surface area contributed by atoms with Crippen LogP contribution in [-0.4, -0.2) is 65.1 Å². The SMILES string of the molecule is CC(NC(=O)C(NN)C(C)C)C(=O)Nc1cc(COC=O)ccc1OC1CC(O)CC(C(=O)O)O1. The number of aliphatic carboxylic acids is 1. The first-order chi connectivity index (χ1) is 16.5. The molecule has 0 spiro atoms. The molecule has 0 bridgehead atoms. The summed E-state index contributed by atoms with van der Waals surface area (Å²) in [6, 6.07) is 2.90. The van der Waals surface area contributed by atoms with Crippen LogP contribution in [0, 0.1) is 5.92 Å². The molecule has 1 aromatic rings. The van der Waals surface area contributed by atoms with E-state index in [2.05, 4.69) is 16.1 Å². The van der Waals surface area contributed by atoms with E-state index < -0.39 is 48.4 Å². The first kappa shape index (κ1) is 28.0. The Hall–Kier alpha value is -3.26. The van der Waals surface area contributed by atoms with Crippen LogP contribution in [0.1, 0.15) is 39.2 Å². The van der Waals surface area contributed by atoms with Gasteiger partial charge in [0, 0.05) is 12.8 Å². The van der Waals surface area contributed by atoms with Gasteiger partial charge in [-0.2, -0.15) is 0 Å². The summed E-state index contributed by atoms with van der Waals surface area (Å²) >= 11 is 0. The van der Waals surface area contributed by atoms with Crippen LogP contribution >= 0.6 is 0 Å². The Kier molecular flexibility index (Phi) is 10.4. The largest absolute Gasteiger partial charge is 0.479 e. The number of nitrogens with two attached hydrogens (primary N) is 1. The highest BCUT2D eigenvalue weighted by atomic mass is 16.7. The van der Waals surface area contributed by atoms with E-state index in [4.69, 9.17) is 20.1 Å². The number of carbonyl (C=O) groups excluding carboxylic acids is 3. The topological polar surface area (TPSA) is 199 Å². The van der Waals surface area contributed by atoms with Gasteiger partial charge in [-0.3, -0.25) is 20.2 Å². The van der Waals surface area contributed by atoms with Crippen molar-refractivity contribution >= 4 is 29.9 Å². The van der Waals surface area contributed by atoms with E-state index >= 15 is 0 Å². The lowest BCUT2D eigenvalue weighted by Crippen LogP contribution is -2.54. The van der Waals surface area contributed by atoms with E-state index in [9.17, 15) is 29.4 Å². The highest BCUT2D eigenvalue weighted by Crippen LogP contribution is 2.30. The molecule has 13 heteroatoms. The van der Waals surface area contributed by atoms with E-state index in [-0.39, 0.29) is 43.3 Å². The van der Waals surface area contributed by atoms with Crippen LogP contribution in [0.5, 0.6) is 5.75 Å². The predicted octanol–water partition coefficient (Wildman–Crippen LogP) is -0.380. The van der Waals surface area contributed by atoms with Crippen molar-refractivity contribution in [3.8, 4) is 5.75 Å². The van der Waals surface area contributed by atoms with Gasteiger partial charge in [0.1, 0.15) is 24.4 Å². The summed E-state index contributed by atoms with van der Waals surface area (Å²) in [6.45, 7) is 5.28. The zero-order valence-corrected chi connectivity index (χ0v) is 19.7. The minimum Gasteiger partial charge on any atom is -0.479 e. The number of benzene rings is 1. The van der Waals surface area contributed by atoms with Gasteiger partial charge in [0.2, 0.25) is 18.1 Å². The van der Waals surface area contributed by atoms with Crippen molar-refractivity contribution in [1.29, 1.82) is 0 Å². The molecule has 2 rings (SSSR count). The maximum atomic E-state index is 12.8. The van der Waals surface area contributed by atoms with Crippen LogP contribution in [-0.2, 0) is 35.3 Å². The second-order valence-electron chi connectivity index (χ2n) is 8.48. The minimum absolute atomic E-state index is 0.0162. The fourth-order valence-electron chi connectivity index (χ4n) is 3.41. The Bertz CT molecular complexity index is 911. The Morgan fingerprint density at radius 2 is 1.94 bits per heavy atom. The molecular formula is C22H32N4O9. The quantitative estimate of drug-likeness (QED) is 0.125. The molecule has 35 heavy (non-hydrogen) atoms. The van der Waals surface area contributed by atoms with E-state index in [0.29, 0.717) is 5.56 Å². The smallest absolute Gasteiger partial charge is 0.333 e. The van der Waals surface area contributed by atoms with E-state index in [1.54, 1.807) is 19.9 Å². The van der Waals surface area contributed by atoms with Crippen LogP contribution in [0.15, 0.2) is 18.2 Å². The van der Waals surface area contributed by atoms with Crippen molar-refractivity contribution in [2.75, 3.05) is 5.32 Å². The van der Waals surface area contributed by atoms with Crippen molar-refractivity contribution in [3.63, 3.8) is 0 Å². The van der Waals surface area contributed by atoms with Gasteiger partial charge < -0.3 is 35.1 Å².